The van der Waals surface area contributed by atoms with Crippen LogP contribution in [-0.2, 0) is 14.4 Å². The highest BCUT2D eigenvalue weighted by Gasteiger charge is 2.27. The van der Waals surface area contributed by atoms with Crippen LogP contribution in [0, 0.1) is 5.92 Å². The number of piperidine rings is 1. The van der Waals surface area contributed by atoms with Crippen LogP contribution in [0.5, 0.6) is 0 Å². The number of carbonyl (C=O) groups is 4. The number of benzene rings is 1. The van der Waals surface area contributed by atoms with Gasteiger partial charge in [-0.05, 0) is 50.5 Å². The van der Waals surface area contributed by atoms with Crippen molar-refractivity contribution >= 4 is 29.4 Å². The van der Waals surface area contributed by atoms with E-state index in [0.717, 1.165) is 0 Å². The summed E-state index contributed by atoms with van der Waals surface area (Å²) in [6.45, 7) is 3.28. The number of carboxylic acid groups (broad SMARTS) is 1. The second-order valence-electron chi connectivity index (χ2n) is 6.84. The Bertz CT molecular complexity index is 709. The van der Waals surface area contributed by atoms with Crippen LogP contribution in [0.1, 0.15) is 49.4 Å². The molecule has 0 unspecified atom stereocenters. The molecule has 1 fully saturated rings. The highest BCUT2D eigenvalue weighted by molar-refractivity contribution is 5.96. The minimum absolute atomic E-state index is 0.0643. The van der Waals surface area contributed by atoms with Crippen LogP contribution in [0.15, 0.2) is 24.3 Å². The molecule has 152 valence electrons. The SMILES string of the molecule is CCNC(=O)CCCC(=O)Nc1ccc(C(=O)N2CCC(C(=O)O)CC2)cc1. The van der Waals surface area contributed by atoms with Crippen molar-refractivity contribution in [2.75, 3.05) is 25.0 Å². The van der Waals surface area contributed by atoms with Crippen molar-refractivity contribution in [1.29, 1.82) is 0 Å². The van der Waals surface area contributed by atoms with Gasteiger partial charge in [-0.15, -0.1) is 0 Å². The lowest BCUT2D eigenvalue weighted by atomic mass is 9.96. The Hall–Kier alpha value is -2.90. The predicted molar refractivity (Wildman–Crippen MR) is 104 cm³/mol. The van der Waals surface area contributed by atoms with E-state index in [9.17, 15) is 19.2 Å². The Labute approximate surface area is 164 Å². The summed E-state index contributed by atoms with van der Waals surface area (Å²) < 4.78 is 0. The molecule has 0 atom stereocenters. The Kier molecular flexibility index (Phi) is 7.98. The number of aliphatic carboxylic acids is 1. The third kappa shape index (κ3) is 6.37. The van der Waals surface area contributed by atoms with Gasteiger partial charge in [0.25, 0.3) is 5.91 Å². The largest absolute Gasteiger partial charge is 0.481 e. The fourth-order valence-electron chi connectivity index (χ4n) is 3.13. The maximum absolute atomic E-state index is 12.5. The number of nitrogens with zero attached hydrogens (tertiary/aromatic N) is 1. The molecule has 1 aliphatic rings. The summed E-state index contributed by atoms with van der Waals surface area (Å²) in [5.74, 6) is -1.57. The van der Waals surface area contributed by atoms with Gasteiger partial charge in [-0.25, -0.2) is 0 Å². The third-order valence-electron chi connectivity index (χ3n) is 4.73. The molecule has 1 heterocycles. The zero-order valence-electron chi connectivity index (χ0n) is 16.1. The van der Waals surface area contributed by atoms with Crippen LogP contribution in [0.3, 0.4) is 0 Å². The van der Waals surface area contributed by atoms with Crippen molar-refractivity contribution in [3.05, 3.63) is 29.8 Å². The maximum Gasteiger partial charge on any atom is 0.306 e. The second kappa shape index (κ2) is 10.4. The first-order valence-electron chi connectivity index (χ1n) is 9.59. The minimum Gasteiger partial charge on any atom is -0.481 e. The summed E-state index contributed by atoms with van der Waals surface area (Å²) in [5, 5.41) is 14.5. The van der Waals surface area contributed by atoms with Crippen LogP contribution >= 0.6 is 0 Å². The van der Waals surface area contributed by atoms with Gasteiger partial charge in [0.1, 0.15) is 0 Å². The molecule has 1 aromatic rings. The van der Waals surface area contributed by atoms with E-state index >= 15 is 0 Å². The molecule has 1 aromatic carbocycles. The first-order chi connectivity index (χ1) is 13.4. The number of anilines is 1. The van der Waals surface area contributed by atoms with E-state index in [2.05, 4.69) is 10.6 Å². The summed E-state index contributed by atoms with van der Waals surface area (Å²) >= 11 is 0. The summed E-state index contributed by atoms with van der Waals surface area (Å²) in [7, 11) is 0. The minimum atomic E-state index is -0.807. The fourth-order valence-corrected chi connectivity index (χ4v) is 3.13. The molecule has 28 heavy (non-hydrogen) atoms. The normalized spacial score (nSPS) is 14.4. The first-order valence-corrected chi connectivity index (χ1v) is 9.59. The van der Waals surface area contributed by atoms with E-state index in [-0.39, 0.29) is 30.1 Å². The average Bonchev–Trinajstić information content (AvgIpc) is 2.68. The van der Waals surface area contributed by atoms with E-state index in [1.807, 2.05) is 6.92 Å². The Morgan fingerprint density at radius 2 is 1.64 bits per heavy atom. The molecule has 3 amide bonds. The highest BCUT2D eigenvalue weighted by Crippen LogP contribution is 2.20. The van der Waals surface area contributed by atoms with Gasteiger partial charge in [0.2, 0.25) is 11.8 Å². The van der Waals surface area contributed by atoms with Gasteiger partial charge in [-0.1, -0.05) is 0 Å². The highest BCUT2D eigenvalue weighted by atomic mass is 16.4. The van der Waals surface area contributed by atoms with Gasteiger partial charge in [0, 0.05) is 43.7 Å². The average molecular weight is 389 g/mol. The monoisotopic (exact) mass is 389 g/mol. The van der Waals surface area contributed by atoms with Crippen LogP contribution in [0.25, 0.3) is 0 Å². The molecular weight excluding hydrogens is 362 g/mol. The molecule has 1 aliphatic heterocycles. The second-order valence-corrected chi connectivity index (χ2v) is 6.84. The molecule has 0 bridgehead atoms. The van der Waals surface area contributed by atoms with Gasteiger partial charge in [-0.2, -0.15) is 0 Å². The van der Waals surface area contributed by atoms with Crippen molar-refractivity contribution in [1.82, 2.24) is 10.2 Å². The van der Waals surface area contributed by atoms with Gasteiger partial charge >= 0.3 is 5.97 Å². The van der Waals surface area contributed by atoms with E-state index in [1.165, 1.54) is 0 Å². The third-order valence-corrected chi connectivity index (χ3v) is 4.73. The number of carboxylic acids is 1. The number of amides is 3. The van der Waals surface area contributed by atoms with Crippen LogP contribution in [0.2, 0.25) is 0 Å². The molecule has 2 rings (SSSR count). The number of rotatable bonds is 8. The van der Waals surface area contributed by atoms with Gasteiger partial charge in [0.15, 0.2) is 0 Å². The maximum atomic E-state index is 12.5. The van der Waals surface area contributed by atoms with E-state index in [0.29, 0.717) is 56.6 Å². The topological polar surface area (TPSA) is 116 Å². The van der Waals surface area contributed by atoms with Gasteiger partial charge < -0.3 is 20.6 Å². The molecular formula is C20H27N3O5. The lowest BCUT2D eigenvalue weighted by Crippen LogP contribution is -2.40. The quantitative estimate of drug-likeness (QED) is 0.628. The molecule has 0 aliphatic carbocycles. The number of nitrogens with one attached hydrogen (secondary N) is 2. The Morgan fingerprint density at radius 3 is 2.21 bits per heavy atom. The fraction of sp³-hybridized carbons (Fsp3) is 0.500. The molecule has 8 nitrogen and oxygen atoms in total. The van der Waals surface area contributed by atoms with E-state index < -0.39 is 5.97 Å². The number of hydrogen-bond acceptors (Lipinski definition) is 4. The van der Waals surface area contributed by atoms with Crippen LogP contribution in [0.4, 0.5) is 5.69 Å². The molecule has 3 N–H and O–H groups in total. The molecule has 1 saturated heterocycles. The van der Waals surface area contributed by atoms with Crippen molar-refractivity contribution in [2.24, 2.45) is 5.92 Å². The first kappa shape index (κ1) is 21.4. The molecule has 8 heteroatoms. The Morgan fingerprint density at radius 1 is 1.04 bits per heavy atom. The smallest absolute Gasteiger partial charge is 0.306 e. The van der Waals surface area contributed by atoms with Gasteiger partial charge in [0.05, 0.1) is 5.92 Å². The number of hydrogen-bond donors (Lipinski definition) is 3. The lowest BCUT2D eigenvalue weighted by Gasteiger charge is -2.30. The zero-order chi connectivity index (χ0) is 20.5. The zero-order valence-corrected chi connectivity index (χ0v) is 16.1. The number of likely N-dealkylation sites (tertiary alicyclic amines) is 1. The van der Waals surface area contributed by atoms with Crippen molar-refractivity contribution in [3.8, 4) is 0 Å². The summed E-state index contributed by atoms with van der Waals surface area (Å²) in [6, 6.07) is 6.63. The van der Waals surface area contributed by atoms with Gasteiger partial charge in [-0.3, -0.25) is 19.2 Å². The van der Waals surface area contributed by atoms with Crippen molar-refractivity contribution < 1.29 is 24.3 Å². The van der Waals surface area contributed by atoms with Crippen LogP contribution in [-0.4, -0.2) is 53.3 Å². The van der Waals surface area contributed by atoms with Crippen molar-refractivity contribution in [2.45, 2.75) is 39.0 Å². The molecule has 0 radical (unpaired) electrons. The van der Waals surface area contributed by atoms with E-state index in [4.69, 9.17) is 5.11 Å². The summed E-state index contributed by atoms with van der Waals surface area (Å²) in [4.78, 5) is 48.5. The molecule has 0 aromatic heterocycles. The van der Waals surface area contributed by atoms with Crippen molar-refractivity contribution in [3.63, 3.8) is 0 Å². The number of carbonyl (C=O) groups excluding carboxylic acids is 3. The molecule has 0 saturated carbocycles. The summed E-state index contributed by atoms with van der Waals surface area (Å²) in [6.07, 6.45) is 1.96. The summed E-state index contributed by atoms with van der Waals surface area (Å²) in [5.41, 5.74) is 1.09. The molecule has 0 spiro atoms. The van der Waals surface area contributed by atoms with E-state index in [1.54, 1.807) is 29.2 Å². The lowest BCUT2D eigenvalue weighted by molar-refractivity contribution is -0.143. The standard InChI is InChI=1S/C20H27N3O5/c1-2-21-17(24)4-3-5-18(25)22-16-8-6-14(7-9-16)19(26)23-12-10-15(11-13-23)20(27)28/h6-9,15H,2-5,10-13H2,1H3,(H,21,24)(H,22,25)(H,27,28). The predicted octanol–water partition coefficient (Wildman–Crippen LogP) is 1.87. The Balaban J connectivity index is 1.79. The van der Waals surface area contributed by atoms with Crippen LogP contribution < -0.4 is 10.6 Å².